The molecule has 1 saturated heterocycles. The summed E-state index contributed by atoms with van der Waals surface area (Å²) in [6.45, 7) is 6.44. The van der Waals surface area contributed by atoms with E-state index in [4.69, 9.17) is 0 Å². The van der Waals surface area contributed by atoms with E-state index in [0.29, 0.717) is 25.6 Å². The van der Waals surface area contributed by atoms with Crippen molar-refractivity contribution in [3.05, 3.63) is 29.8 Å². The fourth-order valence-electron chi connectivity index (χ4n) is 2.59. The molecule has 3 N–H and O–H groups in total. The van der Waals surface area contributed by atoms with Gasteiger partial charge >= 0.3 is 0 Å². The first-order chi connectivity index (χ1) is 12.4. The third-order valence-electron chi connectivity index (χ3n) is 4.30. The van der Waals surface area contributed by atoms with Crippen LogP contribution in [0.5, 0.6) is 0 Å². The lowest BCUT2D eigenvalue weighted by Crippen LogP contribution is -2.49. The van der Waals surface area contributed by atoms with Gasteiger partial charge in [-0.2, -0.15) is 4.31 Å². The van der Waals surface area contributed by atoms with Crippen LogP contribution in [0.1, 0.15) is 24.2 Å². The SMILES string of the molecule is CCN(CC)S(=O)(=O)c1cccc(C(=O)NCC(=O)NCC2CNC2)c1. The van der Waals surface area contributed by atoms with Crippen LogP contribution in [0.3, 0.4) is 0 Å². The van der Waals surface area contributed by atoms with Gasteiger partial charge in [0.05, 0.1) is 11.4 Å². The van der Waals surface area contributed by atoms with Crippen molar-refractivity contribution >= 4 is 21.8 Å². The Bertz CT molecular complexity index is 743. The molecule has 2 amide bonds. The Balaban J connectivity index is 1.95. The van der Waals surface area contributed by atoms with Crippen molar-refractivity contribution in [1.29, 1.82) is 0 Å². The molecular formula is C17H26N4O4S. The molecule has 1 aromatic carbocycles. The number of hydrogen-bond donors (Lipinski definition) is 3. The minimum atomic E-state index is -3.64. The molecule has 0 saturated carbocycles. The smallest absolute Gasteiger partial charge is 0.251 e. The summed E-state index contributed by atoms with van der Waals surface area (Å²) in [7, 11) is -3.64. The molecule has 0 unspecified atom stereocenters. The molecule has 0 radical (unpaired) electrons. The van der Waals surface area contributed by atoms with Crippen molar-refractivity contribution in [3.63, 3.8) is 0 Å². The largest absolute Gasteiger partial charge is 0.354 e. The van der Waals surface area contributed by atoms with Crippen molar-refractivity contribution in [1.82, 2.24) is 20.3 Å². The average molecular weight is 382 g/mol. The van der Waals surface area contributed by atoms with E-state index in [-0.39, 0.29) is 22.9 Å². The van der Waals surface area contributed by atoms with E-state index in [0.717, 1.165) is 13.1 Å². The van der Waals surface area contributed by atoms with Crippen molar-refractivity contribution in [2.45, 2.75) is 18.7 Å². The predicted octanol–water partition coefficient (Wildman–Crippen LogP) is -0.217. The van der Waals surface area contributed by atoms with Crippen molar-refractivity contribution < 1.29 is 18.0 Å². The standard InChI is InChI=1S/C17H26N4O4S/c1-3-21(4-2)26(24,25)15-7-5-6-14(8-15)17(23)20-12-16(22)19-11-13-9-18-10-13/h5-8,13,18H,3-4,9-12H2,1-2H3,(H,19,22)(H,20,23). The summed E-state index contributed by atoms with van der Waals surface area (Å²) in [5.74, 6) is -0.309. The first-order valence-corrected chi connectivity index (χ1v) is 10.2. The van der Waals surface area contributed by atoms with E-state index in [2.05, 4.69) is 16.0 Å². The minimum absolute atomic E-state index is 0.0655. The second-order valence-electron chi connectivity index (χ2n) is 6.13. The molecule has 1 aliphatic heterocycles. The van der Waals surface area contributed by atoms with E-state index >= 15 is 0 Å². The number of amides is 2. The first-order valence-electron chi connectivity index (χ1n) is 8.74. The van der Waals surface area contributed by atoms with Gasteiger partial charge in [0.2, 0.25) is 15.9 Å². The van der Waals surface area contributed by atoms with Gasteiger partial charge in [-0.3, -0.25) is 9.59 Å². The Morgan fingerprint density at radius 3 is 2.46 bits per heavy atom. The normalized spacial score (nSPS) is 14.7. The maximum Gasteiger partial charge on any atom is 0.251 e. The van der Waals surface area contributed by atoms with Gasteiger partial charge in [0.25, 0.3) is 5.91 Å². The summed E-state index contributed by atoms with van der Waals surface area (Å²) in [5.41, 5.74) is 0.203. The van der Waals surface area contributed by atoms with Crippen LogP contribution in [-0.4, -0.2) is 63.8 Å². The van der Waals surface area contributed by atoms with Crippen LogP contribution in [0.2, 0.25) is 0 Å². The van der Waals surface area contributed by atoms with Crippen LogP contribution >= 0.6 is 0 Å². The fourth-order valence-corrected chi connectivity index (χ4v) is 4.09. The van der Waals surface area contributed by atoms with Gasteiger partial charge in [-0.05, 0) is 18.2 Å². The van der Waals surface area contributed by atoms with E-state index < -0.39 is 15.9 Å². The van der Waals surface area contributed by atoms with E-state index in [1.807, 2.05) is 0 Å². The Hall–Kier alpha value is -1.97. The highest BCUT2D eigenvalue weighted by atomic mass is 32.2. The average Bonchev–Trinajstić information content (AvgIpc) is 2.59. The zero-order chi connectivity index (χ0) is 19.2. The summed E-state index contributed by atoms with van der Waals surface area (Å²) in [4.78, 5) is 24.1. The molecule has 0 aliphatic carbocycles. The molecule has 0 spiro atoms. The van der Waals surface area contributed by atoms with Crippen molar-refractivity contribution in [2.75, 3.05) is 39.3 Å². The lowest BCUT2D eigenvalue weighted by Gasteiger charge is -2.27. The number of carbonyl (C=O) groups is 2. The molecule has 144 valence electrons. The van der Waals surface area contributed by atoms with E-state index in [1.54, 1.807) is 13.8 Å². The Labute approximate surface area is 154 Å². The highest BCUT2D eigenvalue weighted by Gasteiger charge is 2.22. The van der Waals surface area contributed by atoms with Gasteiger partial charge in [-0.15, -0.1) is 0 Å². The number of rotatable bonds is 9. The van der Waals surface area contributed by atoms with Crippen LogP contribution in [0, 0.1) is 5.92 Å². The van der Waals surface area contributed by atoms with Gasteiger partial charge in [-0.1, -0.05) is 19.9 Å². The quantitative estimate of drug-likeness (QED) is 0.547. The second-order valence-corrected chi connectivity index (χ2v) is 8.07. The van der Waals surface area contributed by atoms with Crippen LogP contribution in [0.15, 0.2) is 29.2 Å². The number of hydrogen-bond acceptors (Lipinski definition) is 5. The number of nitrogens with zero attached hydrogens (tertiary/aromatic N) is 1. The number of benzene rings is 1. The van der Waals surface area contributed by atoms with Gasteiger partial charge < -0.3 is 16.0 Å². The molecule has 1 aliphatic rings. The summed E-state index contributed by atoms with van der Waals surface area (Å²) in [6, 6.07) is 5.84. The molecule has 0 bridgehead atoms. The van der Waals surface area contributed by atoms with E-state index in [9.17, 15) is 18.0 Å². The van der Waals surface area contributed by atoms with Crippen LogP contribution in [-0.2, 0) is 14.8 Å². The summed E-state index contributed by atoms with van der Waals surface area (Å²) in [5, 5.41) is 8.40. The first kappa shape index (κ1) is 20.3. The molecule has 2 rings (SSSR count). The predicted molar refractivity (Wildman–Crippen MR) is 98.3 cm³/mol. The van der Waals surface area contributed by atoms with Crippen LogP contribution in [0.25, 0.3) is 0 Å². The highest BCUT2D eigenvalue weighted by Crippen LogP contribution is 2.16. The summed E-state index contributed by atoms with van der Waals surface area (Å²) < 4.78 is 26.4. The third-order valence-corrected chi connectivity index (χ3v) is 6.35. The van der Waals surface area contributed by atoms with Gasteiger partial charge in [0.1, 0.15) is 0 Å². The molecule has 9 heteroatoms. The van der Waals surface area contributed by atoms with Gasteiger partial charge in [0.15, 0.2) is 0 Å². The topological polar surface area (TPSA) is 108 Å². The summed E-state index contributed by atoms with van der Waals surface area (Å²) >= 11 is 0. The number of nitrogens with one attached hydrogen (secondary N) is 3. The molecule has 26 heavy (non-hydrogen) atoms. The third kappa shape index (κ3) is 5.03. The van der Waals surface area contributed by atoms with Crippen molar-refractivity contribution in [3.8, 4) is 0 Å². The second kappa shape index (κ2) is 9.11. The molecule has 0 aromatic heterocycles. The maximum atomic E-state index is 12.5. The van der Waals surface area contributed by atoms with Gasteiger partial charge in [0, 0.05) is 44.2 Å². The summed E-state index contributed by atoms with van der Waals surface area (Å²) in [6.07, 6.45) is 0. The molecule has 8 nitrogen and oxygen atoms in total. The zero-order valence-electron chi connectivity index (χ0n) is 15.1. The Morgan fingerprint density at radius 2 is 1.88 bits per heavy atom. The van der Waals surface area contributed by atoms with E-state index in [1.165, 1.54) is 28.6 Å². The molecule has 0 atom stereocenters. The number of carbonyl (C=O) groups excluding carboxylic acids is 2. The van der Waals surface area contributed by atoms with Crippen LogP contribution < -0.4 is 16.0 Å². The molecule has 1 fully saturated rings. The highest BCUT2D eigenvalue weighted by molar-refractivity contribution is 7.89. The number of sulfonamides is 1. The lowest BCUT2D eigenvalue weighted by molar-refractivity contribution is -0.120. The van der Waals surface area contributed by atoms with Crippen LogP contribution in [0.4, 0.5) is 0 Å². The maximum absolute atomic E-state index is 12.5. The minimum Gasteiger partial charge on any atom is -0.354 e. The Morgan fingerprint density at radius 1 is 1.19 bits per heavy atom. The molecule has 1 heterocycles. The fraction of sp³-hybridized carbons (Fsp3) is 0.529. The molecular weight excluding hydrogens is 356 g/mol. The van der Waals surface area contributed by atoms with Gasteiger partial charge in [-0.25, -0.2) is 8.42 Å². The molecule has 1 aromatic rings. The Kier molecular flexibility index (Phi) is 7.13. The van der Waals surface area contributed by atoms with Crippen molar-refractivity contribution in [2.24, 2.45) is 5.92 Å². The zero-order valence-corrected chi connectivity index (χ0v) is 15.9. The lowest BCUT2D eigenvalue weighted by atomic mass is 10.0. The monoisotopic (exact) mass is 382 g/mol.